The van der Waals surface area contributed by atoms with Gasteiger partial charge in [0.25, 0.3) is 0 Å². The van der Waals surface area contributed by atoms with E-state index in [1.807, 2.05) is 13.8 Å². The number of ether oxygens (including phenoxy) is 3. The van der Waals surface area contributed by atoms with Crippen molar-refractivity contribution in [3.63, 3.8) is 0 Å². The van der Waals surface area contributed by atoms with Gasteiger partial charge in [-0.05, 0) is 47.0 Å². The van der Waals surface area contributed by atoms with Crippen molar-refractivity contribution in [3.05, 3.63) is 0 Å². The van der Waals surface area contributed by atoms with Crippen LogP contribution in [0.2, 0.25) is 0 Å². The summed E-state index contributed by atoms with van der Waals surface area (Å²) in [5.41, 5.74) is -1.40. The Labute approximate surface area is 570 Å². The Morgan fingerprint density at radius 1 is 0.459 bits per heavy atom. The zero-order chi connectivity index (χ0) is 49.0. The SMILES string of the molecule is C.C.C.C.CCC(C)(C)C(=O)OCC(CO)N(CC(=O)O)CC(=O)O.CCC(C)(C)C(=O)OCC(CO)N(CC(=O)[O-])CC(=O)[O-].CCC(C)C(=O)OCC(CO)N(CC(=O)[O-])CC(=O)[O-].[Na+].[Na+].[Na+].[Na+].[Na+].[Na+].[OH-].[OH-]. The molecule has 0 aliphatic rings. The molecule has 7 N–H and O–H groups in total. The molecule has 0 saturated heterocycles. The third-order valence-corrected chi connectivity index (χ3v) is 9.31. The fourth-order valence-corrected chi connectivity index (χ4v) is 4.28. The van der Waals surface area contributed by atoms with Gasteiger partial charge in [0.15, 0.2) is 0 Å². The van der Waals surface area contributed by atoms with Gasteiger partial charge in [-0.2, -0.15) is 0 Å². The Balaban J connectivity index is -0.0000000502. The fourth-order valence-electron chi connectivity index (χ4n) is 4.28. The fraction of sp³-hybridized carbons (Fsp3) is 0.786. The average Bonchev–Trinajstić information content (AvgIpc) is 3.16. The van der Waals surface area contributed by atoms with Crippen molar-refractivity contribution >= 4 is 53.7 Å². The number of carboxylic acids is 6. The van der Waals surface area contributed by atoms with Crippen LogP contribution in [0.4, 0.5) is 0 Å². The maximum absolute atomic E-state index is 11.8. The van der Waals surface area contributed by atoms with Gasteiger partial charge in [-0.15, -0.1) is 0 Å². The number of rotatable bonds is 30. The summed E-state index contributed by atoms with van der Waals surface area (Å²) in [7, 11) is 0. The van der Waals surface area contributed by atoms with E-state index in [9.17, 15) is 78.9 Å². The first kappa shape index (κ1) is 114. The van der Waals surface area contributed by atoms with Crippen molar-refractivity contribution in [1.82, 2.24) is 14.7 Å². The van der Waals surface area contributed by atoms with Crippen LogP contribution in [0, 0.1) is 16.7 Å². The van der Waals surface area contributed by atoms with Gasteiger partial charge in [0.1, 0.15) is 19.8 Å². The smallest absolute Gasteiger partial charge is 0.870 e. The van der Waals surface area contributed by atoms with E-state index in [0.29, 0.717) is 19.3 Å². The van der Waals surface area contributed by atoms with Crippen LogP contribution in [0.3, 0.4) is 0 Å². The van der Waals surface area contributed by atoms with Gasteiger partial charge in [-0.3, -0.25) is 38.7 Å². The molecule has 0 aliphatic heterocycles. The van der Waals surface area contributed by atoms with E-state index in [2.05, 4.69) is 0 Å². The van der Waals surface area contributed by atoms with Crippen LogP contribution in [0.5, 0.6) is 0 Å². The van der Waals surface area contributed by atoms with Gasteiger partial charge in [0.2, 0.25) is 0 Å². The van der Waals surface area contributed by atoms with E-state index in [1.54, 1.807) is 41.5 Å². The molecule has 4 unspecified atom stereocenters. The van der Waals surface area contributed by atoms with Gasteiger partial charge < -0.3 is 90.3 Å². The van der Waals surface area contributed by atoms with Crippen molar-refractivity contribution in [3.8, 4) is 0 Å². The van der Waals surface area contributed by atoms with Crippen LogP contribution >= 0.6 is 0 Å². The van der Waals surface area contributed by atoms with Crippen LogP contribution in [-0.4, -0.2) is 202 Å². The summed E-state index contributed by atoms with van der Waals surface area (Å²) in [6.45, 7) is 7.37. The quantitative estimate of drug-likeness (QED) is 0.0253. The van der Waals surface area contributed by atoms with E-state index in [0.717, 1.165) is 14.7 Å². The van der Waals surface area contributed by atoms with E-state index in [-0.39, 0.29) is 244 Å². The van der Waals surface area contributed by atoms with Crippen molar-refractivity contribution in [1.29, 1.82) is 0 Å². The summed E-state index contributed by atoms with van der Waals surface area (Å²) >= 11 is 0. The largest absolute Gasteiger partial charge is 1.00 e. The normalized spacial score (nSPS) is 11.1. The molecule has 0 spiro atoms. The molecule has 0 fully saturated rings. The predicted octanol–water partition coefficient (Wildman–Crippen LogP) is -22.1. The zero-order valence-electron chi connectivity index (χ0n) is 43.4. The second-order valence-corrected chi connectivity index (χ2v) is 15.1. The maximum Gasteiger partial charge on any atom is 1.00 e. The third kappa shape index (κ3) is 56.2. The number of carboxylic acid groups (broad SMARTS) is 6. The first-order valence-corrected chi connectivity index (χ1v) is 19.4. The number of hydrogen-bond donors (Lipinski definition) is 5. The van der Waals surface area contributed by atoms with Crippen molar-refractivity contribution in [2.75, 3.05) is 78.9 Å². The van der Waals surface area contributed by atoms with Crippen molar-refractivity contribution in [2.45, 2.75) is 122 Å². The van der Waals surface area contributed by atoms with Crippen LogP contribution < -0.4 is 198 Å². The van der Waals surface area contributed by atoms with E-state index in [4.69, 9.17) is 24.4 Å². The van der Waals surface area contributed by atoms with Gasteiger partial charge in [-0.25, -0.2) is 0 Å². The molecule has 0 saturated carbocycles. The summed E-state index contributed by atoms with van der Waals surface area (Å²) in [6, 6.07) is -2.79. The van der Waals surface area contributed by atoms with Crippen molar-refractivity contribution < 1.29 is 292 Å². The summed E-state index contributed by atoms with van der Waals surface area (Å²) < 4.78 is 15.0. The second kappa shape index (κ2) is 63.1. The van der Waals surface area contributed by atoms with Crippen LogP contribution in [-0.2, 0) is 57.4 Å². The Kier molecular flexibility index (Phi) is 97.2. The molecule has 32 heteroatoms. The Morgan fingerprint density at radius 2 is 0.676 bits per heavy atom. The first-order chi connectivity index (χ1) is 28.6. The standard InChI is InChI=1S/2C13H23NO7.C12H21NO7.4CH4.6Na.2H2O/c2*1-4-13(2,3)12(20)21-8-9(7-15)14(5-10(16)17)6-11(18)19;1-3-8(2)12(19)20-7-9(6-14)13(4-10(15)16)5-11(17)18;;;;;;;;;;;;/h2*9,15H,4-8H2,1-3H3,(H,16,17)(H,18,19);8-9,14H,3-7H2,1-2H3,(H,15,16)(H,17,18);4*1H4;;;;;;;2*1H2/q;;;;;;;6*+1;;/p-6. The van der Waals surface area contributed by atoms with Gasteiger partial charge in [0.05, 0.1) is 91.7 Å². The Morgan fingerprint density at radius 3 is 0.851 bits per heavy atom. The van der Waals surface area contributed by atoms with E-state index in [1.165, 1.54) is 0 Å². The molecule has 0 rings (SSSR count). The summed E-state index contributed by atoms with van der Waals surface area (Å²) in [4.78, 5) is 102. The third-order valence-electron chi connectivity index (χ3n) is 9.31. The number of esters is 3. The Bertz CT molecular complexity index is 1350. The average molecular weight is 1130 g/mol. The summed E-state index contributed by atoms with van der Waals surface area (Å²) in [5, 5.41) is 87.5. The summed E-state index contributed by atoms with van der Waals surface area (Å²) in [5.74, 6) is -10.3. The second-order valence-electron chi connectivity index (χ2n) is 15.1. The molecule has 74 heavy (non-hydrogen) atoms. The molecule has 0 heterocycles. The molecule has 0 aromatic heterocycles. The van der Waals surface area contributed by atoms with Gasteiger partial charge in [-0.1, -0.05) is 57.4 Å². The minimum Gasteiger partial charge on any atom is -0.870 e. The molecule has 0 aromatic carbocycles. The van der Waals surface area contributed by atoms with Crippen LogP contribution in [0.25, 0.3) is 0 Å². The van der Waals surface area contributed by atoms with Crippen LogP contribution in [0.15, 0.2) is 0 Å². The van der Waals surface area contributed by atoms with Crippen LogP contribution in [0.1, 0.15) is 104 Å². The molecule has 26 nitrogen and oxygen atoms in total. The number of aliphatic hydroxyl groups excluding tert-OH is 3. The number of aliphatic carboxylic acids is 6. The van der Waals surface area contributed by atoms with Gasteiger partial charge in [0, 0.05) is 26.2 Å². The zero-order valence-corrected chi connectivity index (χ0v) is 55.4. The van der Waals surface area contributed by atoms with E-state index < -0.39 is 142 Å². The topological polar surface area (TPSA) is 444 Å². The molecule has 0 aliphatic carbocycles. The van der Waals surface area contributed by atoms with Crippen molar-refractivity contribution in [2.24, 2.45) is 16.7 Å². The number of nitrogens with zero attached hydrogens (tertiary/aromatic N) is 3. The molecular weight excluding hydrogens is 1050 g/mol. The Hall–Kier alpha value is 0.910. The monoisotopic (exact) mass is 1130 g/mol. The molecular formula is C42H81N3Na6O23. The number of carbonyl (C=O) groups is 9. The maximum atomic E-state index is 11.8. The summed E-state index contributed by atoms with van der Waals surface area (Å²) in [6.07, 6.45) is 1.67. The molecule has 0 radical (unpaired) electrons. The number of carbonyl (C=O) groups excluding carboxylic acids is 7. The predicted molar refractivity (Wildman–Crippen MR) is 234 cm³/mol. The molecule has 4 atom stereocenters. The molecule has 0 amide bonds. The van der Waals surface area contributed by atoms with E-state index >= 15 is 0 Å². The van der Waals surface area contributed by atoms with Gasteiger partial charge >= 0.3 is 207 Å². The molecule has 408 valence electrons. The molecule has 0 bridgehead atoms. The minimum atomic E-state index is -1.50. The first-order valence-electron chi connectivity index (χ1n) is 19.4. The number of hydrogen-bond acceptors (Lipinski definition) is 24. The minimum absolute atomic E-state index is 0. The molecule has 0 aromatic rings. The number of aliphatic hydroxyl groups is 3.